The van der Waals surface area contributed by atoms with Crippen LogP contribution >= 0.6 is 0 Å². The minimum atomic E-state index is -0.312. The van der Waals surface area contributed by atoms with Crippen LogP contribution in [0.3, 0.4) is 0 Å². The smallest absolute Gasteiger partial charge is 0.259 e. The number of amides is 2. The van der Waals surface area contributed by atoms with Crippen molar-refractivity contribution in [3.05, 3.63) is 84.2 Å². The van der Waals surface area contributed by atoms with E-state index in [1.807, 2.05) is 80.5 Å². The van der Waals surface area contributed by atoms with Gasteiger partial charge in [-0.2, -0.15) is 0 Å². The van der Waals surface area contributed by atoms with Crippen LogP contribution in [0.2, 0.25) is 0 Å². The fraction of sp³-hybridized carbons (Fsp3) is 0.174. The van der Waals surface area contributed by atoms with Crippen molar-refractivity contribution in [3.63, 3.8) is 0 Å². The number of aromatic nitrogens is 1. The first-order valence-corrected chi connectivity index (χ1v) is 9.40. The quantitative estimate of drug-likeness (QED) is 0.691. The summed E-state index contributed by atoms with van der Waals surface area (Å²) in [5.41, 5.74) is 3.22. The molecule has 1 N–H and O–H groups in total. The number of nitrogens with zero attached hydrogens (tertiary/aromatic N) is 3. The molecule has 1 aromatic heterocycles. The number of carbonyl (C=O) groups is 2. The summed E-state index contributed by atoms with van der Waals surface area (Å²) >= 11 is 0. The monoisotopic (exact) mass is 388 g/mol. The third-order valence-corrected chi connectivity index (χ3v) is 4.52. The average molecular weight is 388 g/mol. The molecule has 3 aromatic rings. The SMILES string of the molecule is CCN(C(=O)c1cncc(C(=O)Nc2ccc(N(C)C)cc2)c1)c1ccccc1. The Bertz CT molecular complexity index is 985. The third-order valence-electron chi connectivity index (χ3n) is 4.52. The van der Waals surface area contributed by atoms with Crippen LogP contribution in [0.4, 0.5) is 17.1 Å². The van der Waals surface area contributed by atoms with Gasteiger partial charge < -0.3 is 15.1 Å². The Morgan fingerprint density at radius 2 is 1.55 bits per heavy atom. The van der Waals surface area contributed by atoms with E-state index >= 15 is 0 Å². The lowest BCUT2D eigenvalue weighted by Gasteiger charge is -2.21. The molecule has 0 bridgehead atoms. The van der Waals surface area contributed by atoms with Crippen LogP contribution in [0, 0.1) is 0 Å². The molecule has 0 saturated carbocycles. The summed E-state index contributed by atoms with van der Waals surface area (Å²) in [5.74, 6) is -0.510. The van der Waals surface area contributed by atoms with E-state index in [0.29, 0.717) is 23.4 Å². The molecule has 2 amide bonds. The molecule has 3 rings (SSSR count). The second-order valence-electron chi connectivity index (χ2n) is 6.74. The van der Waals surface area contributed by atoms with Gasteiger partial charge in [-0.1, -0.05) is 18.2 Å². The predicted molar refractivity (Wildman–Crippen MR) is 117 cm³/mol. The fourth-order valence-electron chi connectivity index (χ4n) is 2.93. The summed E-state index contributed by atoms with van der Waals surface area (Å²) in [6.07, 6.45) is 2.94. The minimum absolute atomic E-state index is 0.198. The maximum Gasteiger partial charge on any atom is 0.259 e. The first kappa shape index (κ1) is 20.1. The Morgan fingerprint density at radius 3 is 2.17 bits per heavy atom. The van der Waals surface area contributed by atoms with Gasteiger partial charge in [-0.15, -0.1) is 0 Å². The fourth-order valence-corrected chi connectivity index (χ4v) is 2.93. The number of hydrogen-bond donors (Lipinski definition) is 1. The largest absolute Gasteiger partial charge is 0.378 e. The molecule has 6 nitrogen and oxygen atoms in total. The van der Waals surface area contributed by atoms with Gasteiger partial charge in [0.25, 0.3) is 11.8 Å². The highest BCUT2D eigenvalue weighted by Gasteiger charge is 2.18. The Hall–Kier alpha value is -3.67. The molecule has 0 radical (unpaired) electrons. The van der Waals surface area contributed by atoms with Gasteiger partial charge in [0.2, 0.25) is 0 Å². The lowest BCUT2D eigenvalue weighted by molar-refractivity contribution is 0.0988. The van der Waals surface area contributed by atoms with Gasteiger partial charge >= 0.3 is 0 Å². The number of pyridine rings is 1. The van der Waals surface area contributed by atoms with Crippen molar-refractivity contribution in [1.29, 1.82) is 0 Å². The molecular weight excluding hydrogens is 364 g/mol. The zero-order valence-corrected chi connectivity index (χ0v) is 16.8. The van der Waals surface area contributed by atoms with Gasteiger partial charge in [0.15, 0.2) is 0 Å². The zero-order chi connectivity index (χ0) is 20.8. The molecule has 1 heterocycles. The number of carbonyl (C=O) groups excluding carboxylic acids is 2. The topological polar surface area (TPSA) is 65.5 Å². The first-order valence-electron chi connectivity index (χ1n) is 9.40. The number of nitrogens with one attached hydrogen (secondary N) is 1. The molecule has 0 unspecified atom stereocenters. The highest BCUT2D eigenvalue weighted by atomic mass is 16.2. The van der Waals surface area contributed by atoms with E-state index < -0.39 is 0 Å². The van der Waals surface area contributed by atoms with Crippen LogP contribution in [0.25, 0.3) is 0 Å². The molecule has 0 aliphatic heterocycles. The van der Waals surface area contributed by atoms with E-state index in [9.17, 15) is 9.59 Å². The lowest BCUT2D eigenvalue weighted by atomic mass is 10.1. The summed E-state index contributed by atoms with van der Waals surface area (Å²) in [5, 5.41) is 2.84. The first-order chi connectivity index (χ1) is 14.0. The van der Waals surface area contributed by atoms with Gasteiger partial charge in [0, 0.05) is 50.1 Å². The maximum atomic E-state index is 13.0. The minimum Gasteiger partial charge on any atom is -0.378 e. The van der Waals surface area contributed by atoms with E-state index in [4.69, 9.17) is 0 Å². The predicted octanol–water partition coefficient (Wildman–Crippen LogP) is 4.07. The molecule has 6 heteroatoms. The highest BCUT2D eigenvalue weighted by Crippen LogP contribution is 2.19. The summed E-state index contributed by atoms with van der Waals surface area (Å²) in [7, 11) is 3.91. The van der Waals surface area contributed by atoms with Gasteiger partial charge in [-0.05, 0) is 49.4 Å². The van der Waals surface area contributed by atoms with Crippen molar-refractivity contribution < 1.29 is 9.59 Å². The molecule has 0 atom stereocenters. The van der Waals surface area contributed by atoms with Gasteiger partial charge in [0.1, 0.15) is 0 Å². The molecule has 29 heavy (non-hydrogen) atoms. The van der Waals surface area contributed by atoms with E-state index in [2.05, 4.69) is 10.3 Å². The molecule has 0 aliphatic carbocycles. The number of hydrogen-bond acceptors (Lipinski definition) is 4. The molecule has 0 fully saturated rings. The summed E-state index contributed by atoms with van der Waals surface area (Å²) in [6.45, 7) is 2.42. The Morgan fingerprint density at radius 1 is 0.897 bits per heavy atom. The van der Waals surface area contributed by atoms with E-state index in [1.54, 1.807) is 11.0 Å². The van der Waals surface area contributed by atoms with Crippen molar-refractivity contribution in [2.24, 2.45) is 0 Å². The van der Waals surface area contributed by atoms with E-state index in [0.717, 1.165) is 11.4 Å². The standard InChI is InChI=1S/C23H24N4O2/c1-4-27(21-8-6-5-7-9-21)23(29)18-14-17(15-24-16-18)22(28)25-19-10-12-20(13-11-19)26(2)3/h5-16H,4H2,1-3H3,(H,25,28). The van der Waals surface area contributed by atoms with Gasteiger partial charge in [-0.25, -0.2) is 0 Å². The number of para-hydroxylation sites is 1. The summed E-state index contributed by atoms with van der Waals surface area (Å²) in [6, 6.07) is 18.5. The summed E-state index contributed by atoms with van der Waals surface area (Å²) < 4.78 is 0. The van der Waals surface area contributed by atoms with Crippen molar-refractivity contribution in [3.8, 4) is 0 Å². The van der Waals surface area contributed by atoms with Gasteiger partial charge in [-0.3, -0.25) is 14.6 Å². The van der Waals surface area contributed by atoms with Crippen LogP contribution in [-0.4, -0.2) is 37.4 Å². The van der Waals surface area contributed by atoms with Crippen LogP contribution in [0.5, 0.6) is 0 Å². The number of benzene rings is 2. The molecule has 2 aromatic carbocycles. The molecule has 0 spiro atoms. The number of anilines is 3. The van der Waals surface area contributed by atoms with Crippen LogP contribution in [-0.2, 0) is 0 Å². The second-order valence-corrected chi connectivity index (χ2v) is 6.74. The Labute approximate surface area is 170 Å². The molecule has 0 aliphatic rings. The maximum absolute atomic E-state index is 13.0. The average Bonchev–Trinajstić information content (AvgIpc) is 2.75. The van der Waals surface area contributed by atoms with Crippen molar-refractivity contribution in [2.75, 3.05) is 35.8 Å². The van der Waals surface area contributed by atoms with Crippen LogP contribution in [0.15, 0.2) is 73.1 Å². The second kappa shape index (κ2) is 9.01. The van der Waals surface area contributed by atoms with Gasteiger partial charge in [0.05, 0.1) is 11.1 Å². The van der Waals surface area contributed by atoms with E-state index in [1.165, 1.54) is 12.4 Å². The Balaban J connectivity index is 1.77. The summed E-state index contributed by atoms with van der Waals surface area (Å²) in [4.78, 5) is 33.3. The third kappa shape index (κ3) is 4.79. The van der Waals surface area contributed by atoms with Crippen LogP contribution in [0.1, 0.15) is 27.6 Å². The highest BCUT2D eigenvalue weighted by molar-refractivity contribution is 6.09. The van der Waals surface area contributed by atoms with Crippen molar-refractivity contribution >= 4 is 28.9 Å². The molecular formula is C23H24N4O2. The molecule has 0 saturated heterocycles. The zero-order valence-electron chi connectivity index (χ0n) is 16.8. The normalized spacial score (nSPS) is 10.3. The van der Waals surface area contributed by atoms with Crippen LogP contribution < -0.4 is 15.1 Å². The van der Waals surface area contributed by atoms with Crippen molar-refractivity contribution in [1.82, 2.24) is 4.98 Å². The number of rotatable bonds is 6. The lowest BCUT2D eigenvalue weighted by Crippen LogP contribution is -2.31. The van der Waals surface area contributed by atoms with E-state index in [-0.39, 0.29) is 11.8 Å². The molecule has 148 valence electrons. The Kier molecular flexibility index (Phi) is 6.24. The van der Waals surface area contributed by atoms with Crippen molar-refractivity contribution in [2.45, 2.75) is 6.92 Å².